The van der Waals surface area contributed by atoms with E-state index in [0.29, 0.717) is 0 Å². The maximum absolute atomic E-state index is 13.2. The number of benzene rings is 1. The molecule has 0 aliphatic carbocycles. The van der Waals surface area contributed by atoms with Gasteiger partial charge in [-0.1, -0.05) is 26.8 Å². The highest BCUT2D eigenvalue weighted by Crippen LogP contribution is 2.28. The summed E-state index contributed by atoms with van der Waals surface area (Å²) in [6.07, 6.45) is 0.780. The molecule has 0 radical (unpaired) electrons. The van der Waals surface area contributed by atoms with E-state index in [1.807, 2.05) is 13.8 Å². The second-order valence-corrected chi connectivity index (χ2v) is 6.84. The van der Waals surface area contributed by atoms with Gasteiger partial charge in [0.1, 0.15) is 0 Å². The molecule has 1 aromatic carbocycles. The summed E-state index contributed by atoms with van der Waals surface area (Å²) in [5, 5.41) is 14.8. The maximum atomic E-state index is 13.2. The number of halogens is 1. The zero-order valence-corrected chi connectivity index (χ0v) is 12.7. The van der Waals surface area contributed by atoms with Crippen molar-refractivity contribution in [1.82, 2.24) is 5.32 Å². The van der Waals surface area contributed by atoms with Crippen molar-refractivity contribution in [2.75, 3.05) is 5.32 Å². The summed E-state index contributed by atoms with van der Waals surface area (Å²) < 4.78 is 13.2. The van der Waals surface area contributed by atoms with Crippen LogP contribution in [0.3, 0.4) is 0 Å². The van der Waals surface area contributed by atoms with Gasteiger partial charge in [-0.3, -0.25) is 0 Å². The number of urea groups is 1. The third-order valence-corrected chi connectivity index (χ3v) is 2.66. The predicted octanol–water partition coefficient (Wildman–Crippen LogP) is 3.87. The Morgan fingerprint density at radius 3 is 2.40 bits per heavy atom. The number of carbonyl (C=O) groups excluding carboxylic acids is 1. The van der Waals surface area contributed by atoms with Crippen molar-refractivity contribution < 1.29 is 14.3 Å². The third kappa shape index (κ3) is 5.07. The van der Waals surface area contributed by atoms with Crippen LogP contribution in [0.25, 0.3) is 0 Å². The van der Waals surface area contributed by atoms with Gasteiger partial charge in [0.2, 0.25) is 0 Å². The van der Waals surface area contributed by atoms with E-state index in [1.54, 1.807) is 0 Å². The number of phenols is 1. The molecule has 0 heterocycles. The zero-order chi connectivity index (χ0) is 15.6. The van der Waals surface area contributed by atoms with Crippen molar-refractivity contribution in [1.29, 1.82) is 0 Å². The van der Waals surface area contributed by atoms with Crippen molar-refractivity contribution in [2.45, 2.75) is 46.6 Å². The van der Waals surface area contributed by atoms with E-state index >= 15 is 0 Å². The van der Waals surface area contributed by atoms with Crippen molar-refractivity contribution in [3.8, 4) is 5.75 Å². The summed E-state index contributed by atoms with van der Waals surface area (Å²) in [6, 6.07) is 3.52. The van der Waals surface area contributed by atoms with Crippen molar-refractivity contribution >= 4 is 11.7 Å². The van der Waals surface area contributed by atoms with E-state index in [-0.39, 0.29) is 11.1 Å². The van der Waals surface area contributed by atoms with Gasteiger partial charge in [-0.05, 0) is 37.8 Å². The van der Waals surface area contributed by atoms with E-state index in [2.05, 4.69) is 31.4 Å². The molecule has 0 aliphatic heterocycles. The lowest BCUT2D eigenvalue weighted by atomic mass is 9.82. The summed E-state index contributed by atoms with van der Waals surface area (Å²) in [6.45, 7) is 10.1. The molecule has 3 N–H and O–H groups in total. The molecular formula is C15H23FN2O2. The molecule has 0 atom stereocenters. The largest absolute Gasteiger partial charge is 0.503 e. The van der Waals surface area contributed by atoms with Gasteiger partial charge in [-0.2, -0.15) is 0 Å². The first-order valence-corrected chi connectivity index (χ1v) is 6.57. The summed E-state index contributed by atoms with van der Waals surface area (Å²) in [5.41, 5.74) is -0.294. The molecule has 0 spiro atoms. The van der Waals surface area contributed by atoms with Gasteiger partial charge >= 0.3 is 6.03 Å². The second kappa shape index (κ2) is 5.69. The Kier molecular flexibility index (Phi) is 4.63. The molecule has 0 fully saturated rings. The van der Waals surface area contributed by atoms with Crippen LogP contribution in [0.5, 0.6) is 5.75 Å². The molecule has 0 bridgehead atoms. The SMILES string of the molecule is CC(C)(C)CC(C)(C)NC(=O)Nc1cccc(F)c1O. The second-order valence-electron chi connectivity index (χ2n) is 6.84. The van der Waals surface area contributed by atoms with E-state index in [0.717, 1.165) is 12.5 Å². The minimum Gasteiger partial charge on any atom is -0.503 e. The molecule has 112 valence electrons. The number of para-hydroxylation sites is 1. The standard InChI is InChI=1S/C15H23FN2O2/c1-14(2,3)9-15(4,5)18-13(20)17-11-8-6-7-10(16)12(11)19/h6-8,19H,9H2,1-5H3,(H2,17,18,20). The fraction of sp³-hybridized carbons (Fsp3) is 0.533. The molecule has 5 heteroatoms. The number of rotatable bonds is 3. The molecule has 0 aromatic heterocycles. The van der Waals surface area contributed by atoms with E-state index < -0.39 is 23.1 Å². The van der Waals surface area contributed by atoms with E-state index in [1.165, 1.54) is 12.1 Å². The van der Waals surface area contributed by atoms with E-state index in [9.17, 15) is 14.3 Å². The highest BCUT2D eigenvalue weighted by Gasteiger charge is 2.27. The Balaban J connectivity index is 2.70. The molecule has 1 rings (SSSR count). The van der Waals surface area contributed by atoms with Gasteiger partial charge < -0.3 is 15.7 Å². The lowest BCUT2D eigenvalue weighted by Gasteiger charge is -2.33. The third-order valence-electron chi connectivity index (χ3n) is 2.66. The quantitative estimate of drug-likeness (QED) is 0.737. The summed E-state index contributed by atoms with van der Waals surface area (Å²) in [4.78, 5) is 11.9. The number of hydrogen-bond acceptors (Lipinski definition) is 2. The van der Waals surface area contributed by atoms with Crippen LogP contribution in [-0.4, -0.2) is 16.7 Å². The lowest BCUT2D eigenvalue weighted by molar-refractivity contribution is 0.220. The van der Waals surface area contributed by atoms with E-state index in [4.69, 9.17) is 0 Å². The monoisotopic (exact) mass is 282 g/mol. The van der Waals surface area contributed by atoms with Crippen LogP contribution in [-0.2, 0) is 0 Å². The van der Waals surface area contributed by atoms with Gasteiger partial charge in [0.15, 0.2) is 11.6 Å². The molecular weight excluding hydrogens is 259 g/mol. The Bertz CT molecular complexity index is 493. The summed E-state index contributed by atoms with van der Waals surface area (Å²) >= 11 is 0. The van der Waals surface area contributed by atoms with Crippen LogP contribution in [0.2, 0.25) is 0 Å². The number of phenolic OH excluding ortho intramolecular Hbond substituents is 1. The first kappa shape index (κ1) is 16.3. The highest BCUT2D eigenvalue weighted by atomic mass is 19.1. The molecule has 4 nitrogen and oxygen atoms in total. The molecule has 20 heavy (non-hydrogen) atoms. The number of aromatic hydroxyl groups is 1. The lowest BCUT2D eigenvalue weighted by Crippen LogP contribution is -2.47. The van der Waals surface area contributed by atoms with Crippen molar-refractivity contribution in [3.05, 3.63) is 24.0 Å². The molecule has 0 aliphatic rings. The Morgan fingerprint density at radius 1 is 1.25 bits per heavy atom. The normalized spacial score (nSPS) is 12.1. The molecule has 0 saturated heterocycles. The Morgan fingerprint density at radius 2 is 1.85 bits per heavy atom. The average Bonchev–Trinajstić information content (AvgIpc) is 2.20. The minimum atomic E-state index is -0.767. The van der Waals surface area contributed by atoms with Crippen molar-refractivity contribution in [2.24, 2.45) is 5.41 Å². The van der Waals surface area contributed by atoms with Crippen LogP contribution in [0, 0.1) is 11.2 Å². The predicted molar refractivity (Wildman–Crippen MR) is 78.4 cm³/mol. The fourth-order valence-corrected chi connectivity index (χ4v) is 2.45. The van der Waals surface area contributed by atoms with Crippen LogP contribution in [0.15, 0.2) is 18.2 Å². The smallest absolute Gasteiger partial charge is 0.319 e. The Labute approximate surface area is 119 Å². The van der Waals surface area contributed by atoms with Gasteiger partial charge in [-0.15, -0.1) is 0 Å². The van der Waals surface area contributed by atoms with Gasteiger partial charge in [-0.25, -0.2) is 9.18 Å². The van der Waals surface area contributed by atoms with Gasteiger partial charge in [0.25, 0.3) is 0 Å². The average molecular weight is 282 g/mol. The molecule has 2 amide bonds. The first-order valence-electron chi connectivity index (χ1n) is 6.57. The maximum Gasteiger partial charge on any atom is 0.319 e. The number of carbonyl (C=O) groups is 1. The number of anilines is 1. The summed E-state index contributed by atoms with van der Waals surface area (Å²) in [7, 11) is 0. The topological polar surface area (TPSA) is 61.4 Å². The minimum absolute atomic E-state index is 0.0501. The molecule has 0 unspecified atom stereocenters. The number of amides is 2. The highest BCUT2D eigenvalue weighted by molar-refractivity contribution is 5.91. The molecule has 1 aromatic rings. The number of nitrogens with one attached hydrogen (secondary N) is 2. The van der Waals surface area contributed by atoms with Crippen LogP contribution in [0.1, 0.15) is 41.0 Å². The van der Waals surface area contributed by atoms with Gasteiger partial charge in [0, 0.05) is 5.54 Å². The van der Waals surface area contributed by atoms with Crippen LogP contribution in [0.4, 0.5) is 14.9 Å². The van der Waals surface area contributed by atoms with Crippen LogP contribution >= 0.6 is 0 Å². The zero-order valence-electron chi connectivity index (χ0n) is 12.7. The Hall–Kier alpha value is -1.78. The van der Waals surface area contributed by atoms with Gasteiger partial charge in [0.05, 0.1) is 5.69 Å². The fourth-order valence-electron chi connectivity index (χ4n) is 2.45. The molecule has 0 saturated carbocycles. The number of hydrogen-bond donors (Lipinski definition) is 3. The first-order chi connectivity index (χ1) is 9.00. The van der Waals surface area contributed by atoms with Crippen molar-refractivity contribution in [3.63, 3.8) is 0 Å². The van der Waals surface area contributed by atoms with Crippen LogP contribution < -0.4 is 10.6 Å². The summed E-state index contributed by atoms with van der Waals surface area (Å²) in [5.74, 6) is -1.33.